The van der Waals surface area contributed by atoms with Gasteiger partial charge in [-0.15, -0.1) is 0 Å². The third kappa shape index (κ3) is 4.60. The largest absolute Gasteiger partial charge is 0.454 e. The van der Waals surface area contributed by atoms with E-state index in [0.717, 1.165) is 42.9 Å². The van der Waals surface area contributed by atoms with Gasteiger partial charge in [-0.1, -0.05) is 18.2 Å². The maximum Gasteiger partial charge on any atom is 0.231 e. The second-order valence-electron chi connectivity index (χ2n) is 4.93. The van der Waals surface area contributed by atoms with Gasteiger partial charge in [0.1, 0.15) is 0 Å². The lowest BCUT2D eigenvalue weighted by Crippen LogP contribution is -2.03. The molecule has 0 spiro atoms. The van der Waals surface area contributed by atoms with Crippen molar-refractivity contribution in [2.75, 3.05) is 13.4 Å². The van der Waals surface area contributed by atoms with E-state index in [2.05, 4.69) is 26.0 Å². The van der Waals surface area contributed by atoms with Gasteiger partial charge in [0.15, 0.2) is 11.5 Å². The van der Waals surface area contributed by atoms with Gasteiger partial charge in [-0.25, -0.2) is 0 Å². The van der Waals surface area contributed by atoms with Crippen LogP contribution in [0.25, 0.3) is 6.08 Å². The molecule has 0 aliphatic carbocycles. The van der Waals surface area contributed by atoms with E-state index in [9.17, 15) is 0 Å². The molecule has 0 unspecified atom stereocenters. The molecule has 1 heterocycles. The van der Waals surface area contributed by atoms with Crippen molar-refractivity contribution in [2.24, 2.45) is 0 Å². The maximum atomic E-state index is 5.50. The van der Waals surface area contributed by atoms with Gasteiger partial charge in [-0.05, 0) is 50.8 Å². The molecule has 0 saturated carbocycles. The first kappa shape index (κ1) is 13.9. The zero-order chi connectivity index (χ0) is 13.5. The van der Waals surface area contributed by atoms with Crippen molar-refractivity contribution >= 4 is 6.08 Å². The van der Waals surface area contributed by atoms with Crippen LogP contribution in [0, 0.1) is 0 Å². The molecule has 19 heavy (non-hydrogen) atoms. The highest BCUT2D eigenvalue weighted by molar-refractivity contribution is 5.56. The highest BCUT2D eigenvalue weighted by Gasteiger charge is 2.11. The third-order valence-electron chi connectivity index (χ3n) is 2.92. The summed E-state index contributed by atoms with van der Waals surface area (Å²) in [5, 5.41) is 0. The Morgan fingerprint density at radius 2 is 2.05 bits per heavy atom. The Morgan fingerprint density at radius 1 is 1.21 bits per heavy atom. The Bertz CT molecular complexity index is 424. The normalized spacial score (nSPS) is 13.6. The molecule has 0 bridgehead atoms. The van der Waals surface area contributed by atoms with Gasteiger partial charge in [0.05, 0.1) is 6.10 Å². The van der Waals surface area contributed by atoms with Crippen LogP contribution in [0.5, 0.6) is 11.5 Å². The number of allylic oxidation sites excluding steroid dienone is 1. The number of unbranched alkanes of at least 4 members (excludes halogenated alkanes) is 2. The zero-order valence-corrected chi connectivity index (χ0v) is 11.7. The van der Waals surface area contributed by atoms with Crippen LogP contribution in [0.3, 0.4) is 0 Å². The molecule has 3 heteroatoms. The molecule has 0 saturated heterocycles. The SMILES string of the molecule is CC(C)OCCCCC=Cc1ccc2c(c1)OCO2. The van der Waals surface area contributed by atoms with E-state index < -0.39 is 0 Å². The van der Waals surface area contributed by atoms with Gasteiger partial charge in [0.2, 0.25) is 6.79 Å². The van der Waals surface area contributed by atoms with Gasteiger partial charge in [-0.2, -0.15) is 0 Å². The molecule has 0 amide bonds. The number of hydrogen-bond acceptors (Lipinski definition) is 3. The van der Waals surface area contributed by atoms with E-state index in [1.54, 1.807) is 0 Å². The number of benzene rings is 1. The molecular formula is C16H22O3. The van der Waals surface area contributed by atoms with Crippen LogP contribution in [-0.2, 0) is 4.74 Å². The van der Waals surface area contributed by atoms with Crippen molar-refractivity contribution < 1.29 is 14.2 Å². The standard InChI is InChI=1S/C16H22O3/c1-13(2)17-10-6-4-3-5-7-14-8-9-15-16(11-14)19-12-18-15/h5,7-9,11,13H,3-4,6,10,12H2,1-2H3. The predicted molar refractivity (Wildman–Crippen MR) is 76.5 cm³/mol. The van der Waals surface area contributed by atoms with E-state index in [1.165, 1.54) is 0 Å². The van der Waals surface area contributed by atoms with Crippen LogP contribution in [0.15, 0.2) is 24.3 Å². The summed E-state index contributed by atoms with van der Waals surface area (Å²) < 4.78 is 16.1. The second-order valence-corrected chi connectivity index (χ2v) is 4.93. The highest BCUT2D eigenvalue weighted by Crippen LogP contribution is 2.32. The number of ether oxygens (including phenoxy) is 3. The minimum Gasteiger partial charge on any atom is -0.454 e. The highest BCUT2D eigenvalue weighted by atomic mass is 16.7. The summed E-state index contributed by atoms with van der Waals surface area (Å²) in [7, 11) is 0. The Balaban J connectivity index is 1.68. The molecule has 0 N–H and O–H groups in total. The summed E-state index contributed by atoms with van der Waals surface area (Å²) in [5.74, 6) is 1.68. The van der Waals surface area contributed by atoms with Crippen LogP contribution in [0.1, 0.15) is 38.7 Å². The van der Waals surface area contributed by atoms with Gasteiger partial charge >= 0.3 is 0 Å². The smallest absolute Gasteiger partial charge is 0.231 e. The Morgan fingerprint density at radius 3 is 2.89 bits per heavy atom. The Hall–Kier alpha value is -1.48. The Labute approximate surface area is 115 Å². The van der Waals surface area contributed by atoms with Crippen molar-refractivity contribution in [3.8, 4) is 11.5 Å². The van der Waals surface area contributed by atoms with Gasteiger partial charge < -0.3 is 14.2 Å². The molecule has 104 valence electrons. The lowest BCUT2D eigenvalue weighted by atomic mass is 10.1. The van der Waals surface area contributed by atoms with E-state index in [4.69, 9.17) is 14.2 Å². The van der Waals surface area contributed by atoms with Crippen LogP contribution in [-0.4, -0.2) is 19.5 Å². The first-order chi connectivity index (χ1) is 9.25. The number of hydrogen-bond donors (Lipinski definition) is 0. The lowest BCUT2D eigenvalue weighted by molar-refractivity contribution is 0.0762. The van der Waals surface area contributed by atoms with Crippen molar-refractivity contribution in [2.45, 2.75) is 39.2 Å². The molecule has 3 nitrogen and oxygen atoms in total. The third-order valence-corrected chi connectivity index (χ3v) is 2.92. The molecule has 1 aromatic carbocycles. The minimum atomic E-state index is 0.332. The first-order valence-electron chi connectivity index (χ1n) is 6.93. The molecule has 0 fully saturated rings. The molecule has 0 aromatic heterocycles. The Kier molecular flexibility index (Phi) is 5.28. The monoisotopic (exact) mass is 262 g/mol. The van der Waals surface area contributed by atoms with Gasteiger partial charge in [0.25, 0.3) is 0 Å². The van der Waals surface area contributed by atoms with Gasteiger partial charge in [0, 0.05) is 6.61 Å². The van der Waals surface area contributed by atoms with Crippen LogP contribution >= 0.6 is 0 Å². The molecule has 1 aliphatic rings. The summed E-state index contributed by atoms with van der Waals surface area (Å²) in [6, 6.07) is 6.02. The molecule has 1 aliphatic heterocycles. The number of fused-ring (bicyclic) bond motifs is 1. The van der Waals surface area contributed by atoms with Crippen LogP contribution in [0.2, 0.25) is 0 Å². The minimum absolute atomic E-state index is 0.332. The fraction of sp³-hybridized carbons (Fsp3) is 0.500. The van der Waals surface area contributed by atoms with Crippen molar-refractivity contribution in [1.29, 1.82) is 0 Å². The second kappa shape index (κ2) is 7.19. The van der Waals surface area contributed by atoms with Gasteiger partial charge in [-0.3, -0.25) is 0 Å². The fourth-order valence-electron chi connectivity index (χ4n) is 1.92. The summed E-state index contributed by atoms with van der Waals surface area (Å²) in [6.07, 6.45) is 8.02. The average Bonchev–Trinajstić information content (AvgIpc) is 2.84. The maximum absolute atomic E-state index is 5.50. The number of rotatable bonds is 7. The van der Waals surface area contributed by atoms with E-state index in [0.29, 0.717) is 12.9 Å². The van der Waals surface area contributed by atoms with Crippen molar-refractivity contribution in [3.05, 3.63) is 29.8 Å². The molecular weight excluding hydrogens is 240 g/mol. The van der Waals surface area contributed by atoms with Crippen molar-refractivity contribution in [3.63, 3.8) is 0 Å². The summed E-state index contributed by atoms with van der Waals surface area (Å²) in [4.78, 5) is 0. The molecule has 0 radical (unpaired) electrons. The summed E-state index contributed by atoms with van der Waals surface area (Å²) >= 11 is 0. The van der Waals surface area contributed by atoms with Crippen molar-refractivity contribution in [1.82, 2.24) is 0 Å². The topological polar surface area (TPSA) is 27.7 Å². The quantitative estimate of drug-likeness (QED) is 0.694. The fourth-order valence-corrected chi connectivity index (χ4v) is 1.92. The van der Waals surface area contributed by atoms with Crippen LogP contribution in [0.4, 0.5) is 0 Å². The summed E-state index contributed by atoms with van der Waals surface area (Å²) in [6.45, 7) is 5.33. The molecule has 0 atom stereocenters. The lowest BCUT2D eigenvalue weighted by Gasteiger charge is -2.05. The molecule has 1 aromatic rings. The molecule has 2 rings (SSSR count). The zero-order valence-electron chi connectivity index (χ0n) is 11.7. The summed E-state index contributed by atoms with van der Waals surface area (Å²) in [5.41, 5.74) is 1.16. The van der Waals surface area contributed by atoms with E-state index >= 15 is 0 Å². The predicted octanol–water partition coefficient (Wildman–Crippen LogP) is 4.02. The van der Waals surface area contributed by atoms with E-state index in [1.807, 2.05) is 18.2 Å². The first-order valence-corrected chi connectivity index (χ1v) is 6.93. The van der Waals surface area contributed by atoms with E-state index in [-0.39, 0.29) is 0 Å². The average molecular weight is 262 g/mol. The van der Waals surface area contributed by atoms with Crippen LogP contribution < -0.4 is 9.47 Å².